The number of unbranched alkanes of at least 4 members (excludes halogenated alkanes) is 5. The van der Waals surface area contributed by atoms with E-state index in [9.17, 15) is 73.3 Å². The predicted octanol–water partition coefficient (Wildman–Crippen LogP) is -4.35. The molecule has 0 aromatic heterocycles. The fourth-order valence-electron chi connectivity index (χ4n) is 9.43. The molecular formula is C48H77N4O24S-. The zero-order valence-corrected chi connectivity index (χ0v) is 44.1. The molecule has 4 aliphatic rings. The van der Waals surface area contributed by atoms with Crippen LogP contribution in [0.1, 0.15) is 78.2 Å². The Hall–Kier alpha value is -3.64. The van der Waals surface area contributed by atoms with Crippen molar-refractivity contribution in [3.63, 3.8) is 0 Å². The van der Waals surface area contributed by atoms with Crippen LogP contribution < -0.4 is 26.0 Å². The van der Waals surface area contributed by atoms with Crippen LogP contribution in [0.3, 0.4) is 0 Å². The lowest BCUT2D eigenvalue weighted by molar-refractivity contribution is -0.362. The third-order valence-electron chi connectivity index (χ3n) is 13.3. The minimum atomic E-state index is -5.40. The number of amides is 3. The topological polar surface area (TPSA) is 422 Å². The molecule has 0 aliphatic carbocycles. The number of aliphatic hydroxyl groups is 9. The van der Waals surface area contributed by atoms with Crippen LogP contribution in [-0.2, 0) is 68.7 Å². The van der Waals surface area contributed by atoms with E-state index in [1.165, 1.54) is 19.3 Å². The maximum atomic E-state index is 12.7. The Morgan fingerprint density at radius 2 is 1.12 bits per heavy atom. The van der Waals surface area contributed by atoms with Crippen molar-refractivity contribution in [2.75, 3.05) is 33.0 Å². The van der Waals surface area contributed by atoms with Crippen LogP contribution in [-0.4, -0.2) is 232 Å². The number of rotatable bonds is 28. The van der Waals surface area contributed by atoms with Gasteiger partial charge in [0.15, 0.2) is 25.2 Å². The first-order valence-corrected chi connectivity index (χ1v) is 26.9. The van der Waals surface area contributed by atoms with Gasteiger partial charge in [0.05, 0.1) is 39.1 Å². The van der Waals surface area contributed by atoms with E-state index in [2.05, 4.69) is 44.5 Å². The van der Waals surface area contributed by atoms with Crippen LogP contribution in [0.2, 0.25) is 0 Å². The van der Waals surface area contributed by atoms with Crippen molar-refractivity contribution in [1.82, 2.24) is 21.3 Å². The van der Waals surface area contributed by atoms with Crippen molar-refractivity contribution < 1.29 is 115 Å². The van der Waals surface area contributed by atoms with Crippen LogP contribution in [0.5, 0.6) is 5.75 Å². The summed E-state index contributed by atoms with van der Waals surface area (Å²) in [6.07, 6.45) is -16.6. The lowest BCUT2D eigenvalue weighted by Crippen LogP contribution is -2.71. The van der Waals surface area contributed by atoms with Gasteiger partial charge in [-0.15, -0.1) is 0 Å². The molecule has 77 heavy (non-hydrogen) atoms. The van der Waals surface area contributed by atoms with E-state index < -0.39 is 177 Å². The highest BCUT2D eigenvalue weighted by Crippen LogP contribution is 2.35. The molecule has 3 amide bonds. The molecule has 440 valence electrons. The van der Waals surface area contributed by atoms with Gasteiger partial charge in [0.2, 0.25) is 28.1 Å². The molecule has 9 unspecified atom stereocenters. The van der Waals surface area contributed by atoms with Crippen molar-refractivity contribution in [3.05, 3.63) is 42.0 Å². The van der Waals surface area contributed by atoms with Gasteiger partial charge in [-0.25, -0.2) is 8.42 Å². The summed E-state index contributed by atoms with van der Waals surface area (Å²) in [5, 5.41) is 110. The molecule has 13 N–H and O–H groups in total. The molecule has 4 fully saturated rings. The molecule has 29 heteroatoms. The first-order valence-electron chi connectivity index (χ1n) is 25.6. The molecule has 4 saturated heterocycles. The summed E-state index contributed by atoms with van der Waals surface area (Å²) in [4.78, 5) is 37.3. The van der Waals surface area contributed by atoms with Crippen LogP contribution in [0, 0.1) is 0 Å². The number of aliphatic hydroxyl groups excluding tert-OH is 9. The minimum Gasteiger partial charge on any atom is -0.726 e. The number of allylic oxidation sites excluding steroid dienone is 2. The summed E-state index contributed by atoms with van der Waals surface area (Å²) in [7, 11) is -5.40. The highest BCUT2D eigenvalue weighted by molar-refractivity contribution is 7.80. The summed E-state index contributed by atoms with van der Waals surface area (Å²) in [5.41, 5.74) is 0.691. The van der Waals surface area contributed by atoms with Gasteiger partial charge in [0.25, 0.3) is 0 Å². The molecular weight excluding hydrogens is 1050 g/mol. The second kappa shape index (κ2) is 30.8. The second-order valence-corrected chi connectivity index (χ2v) is 20.3. The van der Waals surface area contributed by atoms with Gasteiger partial charge in [0, 0.05) is 27.3 Å². The summed E-state index contributed by atoms with van der Waals surface area (Å²) < 4.78 is 86.1. The van der Waals surface area contributed by atoms with Crippen molar-refractivity contribution in [2.24, 2.45) is 0 Å². The predicted molar refractivity (Wildman–Crippen MR) is 261 cm³/mol. The summed E-state index contributed by atoms with van der Waals surface area (Å²) in [6, 6.07) is 0.797. The van der Waals surface area contributed by atoms with Gasteiger partial charge in [0.1, 0.15) is 97.1 Å². The van der Waals surface area contributed by atoms with E-state index >= 15 is 0 Å². The highest BCUT2D eigenvalue weighted by atomic mass is 32.3. The normalized spacial score (nSPS) is 35.8. The maximum absolute atomic E-state index is 12.7. The lowest BCUT2D eigenvalue weighted by Gasteiger charge is -2.51. The number of hydrogen-bond donors (Lipinski definition) is 13. The van der Waals surface area contributed by atoms with Gasteiger partial charge in [-0.2, -0.15) is 0 Å². The number of carbonyl (C=O) groups excluding carboxylic acids is 3. The van der Waals surface area contributed by atoms with E-state index in [0.717, 1.165) is 46.5 Å². The van der Waals surface area contributed by atoms with Gasteiger partial charge < -0.3 is 110 Å². The molecule has 4 heterocycles. The van der Waals surface area contributed by atoms with Gasteiger partial charge in [-0.05, 0) is 43.4 Å². The Labute approximate surface area is 446 Å². The van der Waals surface area contributed by atoms with Crippen molar-refractivity contribution in [1.29, 1.82) is 0 Å². The van der Waals surface area contributed by atoms with Crippen LogP contribution in [0.25, 0.3) is 0 Å². The SMILES string of the molecule is CCCCCC/C=C\CCCOc1cccc(CNC2[C@H](O[C@H]3C(O)C(NC(C)=O)[C@@H](O[C@H]4C(CO)O[C@@H](O[C@H]5C(O)C(NC(C)=O)C(O)O[C@@H]5COS(=O)(=O)[O-])C(NC(C)=O)[C@H]4O)O[C@@H]3CO)OC(CO)[C@H](O)[C@@H]2O)c1. The Morgan fingerprint density at radius 3 is 1.64 bits per heavy atom. The van der Waals surface area contributed by atoms with E-state index in [1.54, 1.807) is 24.3 Å². The Morgan fingerprint density at radius 1 is 0.623 bits per heavy atom. The fourth-order valence-corrected chi connectivity index (χ4v) is 9.73. The number of nitrogens with one attached hydrogen (secondary N) is 4. The standard InChI is InChI=1S/C48H78N4O24S/c1-5-6-7-8-9-10-11-12-13-17-68-28-16-14-15-27(18-28)19-49-34-38(60)37(59)29(20-53)71-46(34)74-42-30(21-54)72-47(35(40(42)62)51-25(3)57)75-43-31(22-55)73-48(36(41(43)63)52-26(4)58)76-44-32(23-69-77(65,66)67)70-45(64)33(39(44)61)50-24(2)56/h10-11,14-16,18,29-49,53-55,59-64H,5-9,12-13,17,19-23H2,1-4H3,(H,50,56)(H,51,57)(H,52,58)(H,65,66,67)/p-1/b11-10-/t29?,30-,31?,32-,33?,34?,35?,36?,37+,38-,39?,40?,41-,42-,43+,44-,45?,46+,47-,48+/m1/s1. The molecule has 0 bridgehead atoms. The smallest absolute Gasteiger partial charge is 0.217 e. The van der Waals surface area contributed by atoms with Gasteiger partial charge >= 0.3 is 0 Å². The average Bonchev–Trinajstić information content (AvgIpc) is 3.37. The first-order chi connectivity index (χ1) is 36.6. The van der Waals surface area contributed by atoms with E-state index in [4.69, 9.17) is 37.9 Å². The number of benzene rings is 1. The molecule has 0 radical (unpaired) electrons. The number of hydrogen-bond acceptors (Lipinski definition) is 25. The zero-order valence-electron chi connectivity index (χ0n) is 43.3. The van der Waals surface area contributed by atoms with Crippen LogP contribution in [0.4, 0.5) is 0 Å². The minimum absolute atomic E-state index is 0.0523. The first kappa shape index (κ1) is 64.2. The van der Waals surface area contributed by atoms with E-state index in [0.29, 0.717) is 17.9 Å². The van der Waals surface area contributed by atoms with E-state index in [1.807, 2.05) is 0 Å². The van der Waals surface area contributed by atoms with Crippen LogP contribution in [0.15, 0.2) is 36.4 Å². The third-order valence-corrected chi connectivity index (χ3v) is 13.7. The molecule has 0 saturated carbocycles. The van der Waals surface area contributed by atoms with Crippen molar-refractivity contribution in [2.45, 2.75) is 202 Å². The summed E-state index contributed by atoms with van der Waals surface area (Å²) in [5.74, 6) is -1.77. The number of carbonyl (C=O) groups is 3. The van der Waals surface area contributed by atoms with Gasteiger partial charge in [-0.1, -0.05) is 50.5 Å². The molecule has 5 rings (SSSR count). The van der Waals surface area contributed by atoms with Crippen LogP contribution >= 0.6 is 0 Å². The fraction of sp³-hybridized carbons (Fsp3) is 0.771. The van der Waals surface area contributed by atoms with E-state index in [-0.39, 0.29) is 6.54 Å². The lowest BCUT2D eigenvalue weighted by atomic mass is 9.93. The zero-order chi connectivity index (χ0) is 56.6. The second-order valence-electron chi connectivity index (χ2n) is 19.2. The molecule has 20 atom stereocenters. The highest BCUT2D eigenvalue weighted by Gasteiger charge is 2.56. The monoisotopic (exact) mass is 1130 g/mol. The largest absolute Gasteiger partial charge is 0.726 e. The molecule has 1 aromatic rings. The Bertz CT molecular complexity index is 2130. The third kappa shape index (κ3) is 18.4. The Kier molecular flexibility index (Phi) is 25.7. The van der Waals surface area contributed by atoms with Crippen molar-refractivity contribution in [3.8, 4) is 5.75 Å². The quantitative estimate of drug-likeness (QED) is 0.0163. The van der Waals surface area contributed by atoms with Crippen molar-refractivity contribution >= 4 is 28.1 Å². The molecule has 4 aliphatic heterocycles. The average molecular weight is 1130 g/mol. The molecule has 0 spiro atoms. The number of ether oxygens (including phenoxy) is 8. The molecule has 1 aromatic carbocycles. The summed E-state index contributed by atoms with van der Waals surface area (Å²) in [6.45, 7) is 1.95. The maximum Gasteiger partial charge on any atom is 0.217 e. The molecule has 28 nitrogen and oxygen atoms in total. The van der Waals surface area contributed by atoms with Gasteiger partial charge in [-0.3, -0.25) is 18.6 Å². The summed E-state index contributed by atoms with van der Waals surface area (Å²) >= 11 is 0. The Balaban J connectivity index is 1.32.